The van der Waals surface area contributed by atoms with E-state index in [0.29, 0.717) is 6.07 Å². The molecule has 0 spiro atoms. The second-order valence-electron chi connectivity index (χ2n) is 6.41. The van der Waals surface area contributed by atoms with Gasteiger partial charge < -0.3 is 0 Å². The highest BCUT2D eigenvalue weighted by molar-refractivity contribution is 7.88. The summed E-state index contributed by atoms with van der Waals surface area (Å²) in [7, 11) is -19.1. The molecular formula is C13H10F10O9S3. The quantitative estimate of drug-likeness (QED) is 0.259. The summed E-state index contributed by atoms with van der Waals surface area (Å²) < 4.78 is 214. The summed E-state index contributed by atoms with van der Waals surface area (Å²) >= 11 is 0. The van der Waals surface area contributed by atoms with E-state index >= 15 is 0 Å². The maximum absolute atomic E-state index is 13.5. The normalized spacial score (nSPS) is 16.7. The fourth-order valence-corrected chi connectivity index (χ4v) is 4.87. The molecule has 0 bridgehead atoms. The van der Waals surface area contributed by atoms with Gasteiger partial charge in [-0.15, -0.1) is 0 Å². The Morgan fingerprint density at radius 3 is 1.34 bits per heavy atom. The predicted molar refractivity (Wildman–Crippen MR) is 89.8 cm³/mol. The third kappa shape index (κ3) is 7.38. The number of hydrogen-bond acceptors (Lipinski definition) is 8. The van der Waals surface area contributed by atoms with E-state index in [4.69, 9.17) is 4.55 Å². The Labute approximate surface area is 189 Å². The second kappa shape index (κ2) is 9.28. The predicted octanol–water partition coefficient (Wildman–Crippen LogP) is 3.09. The first kappa shape index (κ1) is 31.3. The third-order valence-corrected chi connectivity index (χ3v) is 6.99. The smallest absolute Gasteiger partial charge is 0.281 e. The zero-order valence-corrected chi connectivity index (χ0v) is 18.6. The van der Waals surface area contributed by atoms with Crippen LogP contribution in [0.3, 0.4) is 0 Å². The Balaban J connectivity index is 3.53. The van der Waals surface area contributed by atoms with Crippen LogP contribution in [0.5, 0.6) is 0 Å². The molecule has 0 aromatic heterocycles. The Bertz CT molecular complexity index is 1230. The van der Waals surface area contributed by atoms with Crippen LogP contribution in [0.2, 0.25) is 0 Å². The lowest BCUT2D eigenvalue weighted by atomic mass is 10.2. The molecule has 0 heterocycles. The monoisotopic (exact) mass is 596 g/mol. The highest BCUT2D eigenvalue weighted by Gasteiger charge is 2.66. The molecule has 0 aliphatic carbocycles. The molecule has 9 nitrogen and oxygen atoms in total. The minimum atomic E-state index is -6.95. The van der Waals surface area contributed by atoms with Crippen LogP contribution in [0.1, 0.15) is 6.92 Å². The zero-order chi connectivity index (χ0) is 28.1. The Morgan fingerprint density at radius 1 is 0.714 bits per heavy atom. The summed E-state index contributed by atoms with van der Waals surface area (Å²) in [6, 6.07) is 0.361. The molecule has 35 heavy (non-hydrogen) atoms. The van der Waals surface area contributed by atoms with Gasteiger partial charge in [-0.05, 0) is 18.2 Å². The molecule has 0 saturated heterocycles. The molecule has 2 unspecified atom stereocenters. The van der Waals surface area contributed by atoms with E-state index in [9.17, 15) is 69.2 Å². The van der Waals surface area contributed by atoms with Crippen molar-refractivity contribution in [3.05, 3.63) is 24.3 Å². The first-order chi connectivity index (χ1) is 15.1. The van der Waals surface area contributed by atoms with Crippen molar-refractivity contribution < 1.29 is 82.1 Å². The lowest BCUT2D eigenvalue weighted by Gasteiger charge is -2.26. The fourth-order valence-electron chi connectivity index (χ4n) is 2.01. The fraction of sp³-hybridized carbons (Fsp3) is 0.538. The number of alkyl halides is 10. The Morgan fingerprint density at radius 2 is 1.06 bits per heavy atom. The van der Waals surface area contributed by atoms with Crippen molar-refractivity contribution in [3.63, 3.8) is 0 Å². The van der Waals surface area contributed by atoms with E-state index < -0.39 is 75.9 Å². The molecule has 1 rings (SSSR count). The van der Waals surface area contributed by atoms with E-state index in [0.717, 1.165) is 0 Å². The summed E-state index contributed by atoms with van der Waals surface area (Å²) in [4.78, 5) is -3.49. The highest BCUT2D eigenvalue weighted by atomic mass is 32.2. The Hall–Kier alpha value is -1.75. The average molecular weight is 596 g/mol. The van der Waals surface area contributed by atoms with Crippen molar-refractivity contribution in [2.24, 2.45) is 0 Å². The van der Waals surface area contributed by atoms with Crippen LogP contribution in [-0.4, -0.2) is 65.5 Å². The van der Waals surface area contributed by atoms with Crippen LogP contribution >= 0.6 is 0 Å². The molecule has 0 saturated carbocycles. The molecule has 0 fully saturated rings. The van der Waals surface area contributed by atoms with Crippen LogP contribution < -0.4 is 0 Å². The van der Waals surface area contributed by atoms with Gasteiger partial charge in [0.1, 0.15) is 0 Å². The highest BCUT2D eigenvalue weighted by Crippen LogP contribution is 2.40. The molecule has 1 N–H and O–H groups in total. The van der Waals surface area contributed by atoms with Gasteiger partial charge in [-0.25, -0.2) is 17.1 Å². The van der Waals surface area contributed by atoms with Crippen molar-refractivity contribution in [2.75, 3.05) is 0 Å². The number of rotatable bonds is 9. The van der Waals surface area contributed by atoms with E-state index in [1.807, 2.05) is 0 Å². The maximum Gasteiger partial charge on any atom is 0.423 e. The van der Waals surface area contributed by atoms with Gasteiger partial charge in [-0.3, -0.25) is 4.55 Å². The molecule has 1 aromatic rings. The average Bonchev–Trinajstić information content (AvgIpc) is 2.61. The molecule has 0 aliphatic heterocycles. The van der Waals surface area contributed by atoms with Gasteiger partial charge in [0.2, 0.25) is 6.10 Å². The largest absolute Gasteiger partial charge is 0.423 e. The summed E-state index contributed by atoms with van der Waals surface area (Å²) in [5, 5.41) is -6.32. The first-order valence-corrected chi connectivity index (χ1v) is 12.2. The minimum Gasteiger partial charge on any atom is -0.281 e. The molecule has 0 radical (unpaired) electrons. The van der Waals surface area contributed by atoms with Crippen molar-refractivity contribution in [1.82, 2.24) is 0 Å². The van der Waals surface area contributed by atoms with Gasteiger partial charge in [-0.2, -0.15) is 60.4 Å². The molecule has 204 valence electrons. The van der Waals surface area contributed by atoms with Crippen molar-refractivity contribution in [3.8, 4) is 0 Å². The summed E-state index contributed by atoms with van der Waals surface area (Å²) in [5.41, 5.74) is 0. The number of halogens is 10. The van der Waals surface area contributed by atoms with Crippen LogP contribution in [0, 0.1) is 0 Å². The summed E-state index contributed by atoms with van der Waals surface area (Å²) in [6.07, 6.45) is -21.9. The van der Waals surface area contributed by atoms with Gasteiger partial charge >= 0.3 is 27.7 Å². The van der Waals surface area contributed by atoms with Crippen molar-refractivity contribution in [2.45, 2.75) is 52.5 Å². The second-order valence-corrected chi connectivity index (χ2v) is 11.1. The Kier molecular flexibility index (Phi) is 8.30. The lowest BCUT2D eigenvalue weighted by Crippen LogP contribution is -2.52. The molecule has 2 atom stereocenters. The van der Waals surface area contributed by atoms with Gasteiger partial charge in [0.15, 0.2) is 0 Å². The number of hydrogen-bond donors (Lipinski definition) is 1. The van der Waals surface area contributed by atoms with Crippen LogP contribution in [-0.2, 0) is 38.7 Å². The molecule has 0 amide bonds. The maximum atomic E-state index is 13.5. The lowest BCUT2D eigenvalue weighted by molar-refractivity contribution is -0.253. The standard InChI is InChI=1S/C13H10F10O9S3/c1-10(14,15)8(11(16,17)18)31-33(24,25)6-3-2-4-7(5-6)34(26,27)32-9(12(19,20)21)13(22,23)35(28,29)30/h2-5,8-9H,1H3,(H,28,29,30). The van der Waals surface area contributed by atoms with E-state index in [1.165, 1.54) is 0 Å². The van der Waals surface area contributed by atoms with Gasteiger partial charge in [0.25, 0.3) is 32.3 Å². The molecule has 0 aliphatic rings. The van der Waals surface area contributed by atoms with Gasteiger partial charge in [0.05, 0.1) is 9.79 Å². The molecule has 1 aromatic carbocycles. The number of benzene rings is 1. The van der Waals surface area contributed by atoms with Gasteiger partial charge in [-0.1, -0.05) is 6.07 Å². The van der Waals surface area contributed by atoms with Gasteiger partial charge in [0, 0.05) is 6.92 Å². The summed E-state index contributed by atoms with van der Waals surface area (Å²) in [6.45, 7) is -0.387. The zero-order valence-electron chi connectivity index (χ0n) is 16.2. The van der Waals surface area contributed by atoms with E-state index in [-0.39, 0.29) is 25.1 Å². The topological polar surface area (TPSA) is 141 Å². The molecule has 22 heteroatoms. The van der Waals surface area contributed by atoms with Crippen LogP contribution in [0.25, 0.3) is 0 Å². The minimum absolute atomic E-state index is 0.156. The van der Waals surface area contributed by atoms with Crippen LogP contribution in [0.15, 0.2) is 34.1 Å². The SMILES string of the molecule is CC(F)(F)C(OS(=O)(=O)c1cccc(S(=O)(=O)OC(C(F)(F)F)C(F)(F)S(=O)(=O)O)c1)C(F)(F)F. The van der Waals surface area contributed by atoms with Crippen molar-refractivity contribution in [1.29, 1.82) is 0 Å². The van der Waals surface area contributed by atoms with E-state index in [2.05, 4.69) is 8.37 Å². The third-order valence-electron chi connectivity index (χ3n) is 3.53. The summed E-state index contributed by atoms with van der Waals surface area (Å²) in [5.74, 6) is -4.88. The van der Waals surface area contributed by atoms with Crippen LogP contribution in [0.4, 0.5) is 43.9 Å². The van der Waals surface area contributed by atoms with E-state index in [1.54, 1.807) is 0 Å². The molecular weight excluding hydrogens is 586 g/mol. The van der Waals surface area contributed by atoms with Crippen molar-refractivity contribution >= 4 is 30.4 Å². The first-order valence-electron chi connectivity index (χ1n) is 7.97.